The van der Waals surface area contributed by atoms with Crippen LogP contribution in [0.15, 0.2) is 48.5 Å². The molecule has 0 saturated heterocycles. The van der Waals surface area contributed by atoms with Gasteiger partial charge in [0.1, 0.15) is 0 Å². The molecule has 0 atom stereocenters. The number of rotatable bonds is 7. The third-order valence-electron chi connectivity index (χ3n) is 3.40. The third kappa shape index (κ3) is 5.93. The van der Waals surface area contributed by atoms with Crippen molar-refractivity contribution in [1.29, 1.82) is 0 Å². The Kier molecular flexibility index (Phi) is 6.54. The molecule has 2 aromatic carbocycles. The van der Waals surface area contributed by atoms with Crippen molar-refractivity contribution in [2.75, 3.05) is 11.9 Å². The van der Waals surface area contributed by atoms with E-state index in [0.717, 1.165) is 0 Å². The van der Waals surface area contributed by atoms with E-state index in [1.54, 1.807) is 42.5 Å². The molecule has 0 aliphatic carbocycles. The number of nitrogens with one attached hydrogen (secondary N) is 2. The lowest BCUT2D eigenvalue weighted by molar-refractivity contribution is -0.116. The average molecular weight is 360 g/mol. The van der Waals surface area contributed by atoms with Gasteiger partial charge in [-0.15, -0.1) is 0 Å². The smallest absolute Gasteiger partial charge is 0.251 e. The Morgan fingerprint density at radius 3 is 2.40 bits per heavy atom. The van der Waals surface area contributed by atoms with Crippen LogP contribution in [0.4, 0.5) is 5.69 Å². The molecule has 0 heterocycles. The number of halogens is 1. The summed E-state index contributed by atoms with van der Waals surface area (Å²) in [5.41, 5.74) is 6.54. The fraction of sp³-hybridized carbons (Fsp3) is 0.167. The van der Waals surface area contributed by atoms with Crippen LogP contribution < -0.4 is 16.4 Å². The van der Waals surface area contributed by atoms with E-state index in [1.165, 1.54) is 6.07 Å². The van der Waals surface area contributed by atoms with Gasteiger partial charge >= 0.3 is 0 Å². The topological polar surface area (TPSA) is 101 Å². The van der Waals surface area contributed by atoms with Crippen molar-refractivity contribution in [1.82, 2.24) is 5.32 Å². The van der Waals surface area contributed by atoms with Crippen molar-refractivity contribution in [2.45, 2.75) is 12.8 Å². The Labute approximate surface area is 150 Å². The van der Waals surface area contributed by atoms with Crippen LogP contribution in [0.2, 0.25) is 5.02 Å². The second-order valence-electron chi connectivity index (χ2n) is 5.36. The van der Waals surface area contributed by atoms with Crippen molar-refractivity contribution in [3.05, 3.63) is 64.7 Å². The van der Waals surface area contributed by atoms with Crippen LogP contribution in [-0.4, -0.2) is 24.3 Å². The van der Waals surface area contributed by atoms with Gasteiger partial charge < -0.3 is 16.4 Å². The molecule has 0 aromatic heterocycles. The molecule has 0 bridgehead atoms. The predicted molar refractivity (Wildman–Crippen MR) is 96.6 cm³/mol. The molecule has 0 aliphatic heterocycles. The van der Waals surface area contributed by atoms with Gasteiger partial charge in [-0.1, -0.05) is 17.7 Å². The molecule has 2 rings (SSSR count). The summed E-state index contributed by atoms with van der Waals surface area (Å²) >= 11 is 5.77. The Morgan fingerprint density at radius 2 is 1.72 bits per heavy atom. The molecular formula is C18H18ClN3O3. The molecule has 25 heavy (non-hydrogen) atoms. The van der Waals surface area contributed by atoms with Gasteiger partial charge in [0.15, 0.2) is 0 Å². The van der Waals surface area contributed by atoms with E-state index in [9.17, 15) is 14.4 Å². The van der Waals surface area contributed by atoms with Gasteiger partial charge in [0, 0.05) is 34.8 Å². The van der Waals surface area contributed by atoms with E-state index in [-0.39, 0.29) is 18.2 Å². The molecule has 0 spiro atoms. The molecule has 4 N–H and O–H groups in total. The van der Waals surface area contributed by atoms with Crippen LogP contribution in [0.3, 0.4) is 0 Å². The summed E-state index contributed by atoms with van der Waals surface area (Å²) < 4.78 is 0. The molecule has 0 unspecified atom stereocenters. The summed E-state index contributed by atoms with van der Waals surface area (Å²) in [7, 11) is 0. The maximum Gasteiger partial charge on any atom is 0.251 e. The highest BCUT2D eigenvalue weighted by Gasteiger charge is 2.07. The molecule has 130 valence electrons. The summed E-state index contributed by atoms with van der Waals surface area (Å²) in [5, 5.41) is 5.99. The fourth-order valence-corrected chi connectivity index (χ4v) is 2.25. The zero-order valence-corrected chi connectivity index (χ0v) is 14.2. The number of benzene rings is 2. The lowest BCUT2D eigenvalue weighted by Gasteiger charge is -2.07. The molecule has 6 nitrogen and oxygen atoms in total. The first-order valence-electron chi connectivity index (χ1n) is 7.69. The highest BCUT2D eigenvalue weighted by atomic mass is 35.5. The minimum Gasteiger partial charge on any atom is -0.366 e. The number of nitrogens with two attached hydrogens (primary N) is 1. The largest absolute Gasteiger partial charge is 0.366 e. The summed E-state index contributed by atoms with van der Waals surface area (Å²) in [5.74, 6) is -0.977. The lowest BCUT2D eigenvalue weighted by Crippen LogP contribution is -2.25. The van der Waals surface area contributed by atoms with Gasteiger partial charge in [0.05, 0.1) is 0 Å². The first kappa shape index (κ1) is 18.5. The van der Waals surface area contributed by atoms with Gasteiger partial charge in [0.2, 0.25) is 11.8 Å². The van der Waals surface area contributed by atoms with Crippen molar-refractivity contribution in [3.8, 4) is 0 Å². The van der Waals surface area contributed by atoms with E-state index in [4.69, 9.17) is 17.3 Å². The molecule has 7 heteroatoms. The molecular weight excluding hydrogens is 342 g/mol. The van der Waals surface area contributed by atoms with Crippen LogP contribution in [0.1, 0.15) is 33.6 Å². The van der Waals surface area contributed by atoms with Crippen LogP contribution in [0.25, 0.3) is 0 Å². The minimum atomic E-state index is -0.555. The van der Waals surface area contributed by atoms with Crippen LogP contribution in [-0.2, 0) is 4.79 Å². The maximum atomic E-state index is 11.9. The van der Waals surface area contributed by atoms with E-state index in [0.29, 0.717) is 34.8 Å². The second-order valence-corrected chi connectivity index (χ2v) is 5.80. The Balaban J connectivity index is 1.73. The van der Waals surface area contributed by atoms with Crippen molar-refractivity contribution < 1.29 is 14.4 Å². The number of carbonyl (C=O) groups is 3. The van der Waals surface area contributed by atoms with E-state index in [1.807, 2.05) is 0 Å². The quantitative estimate of drug-likeness (QED) is 0.662. The number of primary amides is 1. The molecule has 0 aliphatic rings. The van der Waals surface area contributed by atoms with Crippen molar-refractivity contribution >= 4 is 35.0 Å². The van der Waals surface area contributed by atoms with Gasteiger partial charge in [-0.25, -0.2) is 0 Å². The van der Waals surface area contributed by atoms with Crippen molar-refractivity contribution in [2.24, 2.45) is 5.73 Å². The normalized spacial score (nSPS) is 10.1. The summed E-state index contributed by atoms with van der Waals surface area (Å²) in [4.78, 5) is 34.9. The number of carbonyl (C=O) groups excluding carboxylic acids is 3. The Morgan fingerprint density at radius 1 is 1.00 bits per heavy atom. The van der Waals surface area contributed by atoms with E-state index >= 15 is 0 Å². The van der Waals surface area contributed by atoms with Crippen LogP contribution >= 0.6 is 11.6 Å². The molecule has 3 amide bonds. The fourth-order valence-electron chi connectivity index (χ4n) is 2.13. The SMILES string of the molecule is NC(=O)c1cccc(NC(=O)CCCNC(=O)c2ccc(Cl)cc2)c1. The summed E-state index contributed by atoms with van der Waals surface area (Å²) in [6.45, 7) is 0.371. The number of amides is 3. The molecule has 0 radical (unpaired) electrons. The molecule has 2 aromatic rings. The van der Waals surface area contributed by atoms with Gasteiger partial charge in [-0.05, 0) is 48.9 Å². The lowest BCUT2D eigenvalue weighted by atomic mass is 10.2. The highest BCUT2D eigenvalue weighted by molar-refractivity contribution is 6.30. The number of anilines is 1. The summed E-state index contributed by atoms with van der Waals surface area (Å²) in [6, 6.07) is 13.0. The first-order chi connectivity index (χ1) is 12.0. The van der Waals surface area contributed by atoms with Crippen molar-refractivity contribution in [3.63, 3.8) is 0 Å². The van der Waals surface area contributed by atoms with Gasteiger partial charge in [0.25, 0.3) is 5.91 Å². The molecule has 0 saturated carbocycles. The third-order valence-corrected chi connectivity index (χ3v) is 3.66. The maximum absolute atomic E-state index is 11.9. The minimum absolute atomic E-state index is 0.206. The summed E-state index contributed by atoms with van der Waals surface area (Å²) in [6.07, 6.45) is 0.725. The van der Waals surface area contributed by atoms with Crippen LogP contribution in [0.5, 0.6) is 0 Å². The average Bonchev–Trinajstić information content (AvgIpc) is 2.59. The van der Waals surface area contributed by atoms with E-state index in [2.05, 4.69) is 10.6 Å². The highest BCUT2D eigenvalue weighted by Crippen LogP contribution is 2.11. The van der Waals surface area contributed by atoms with Gasteiger partial charge in [-0.2, -0.15) is 0 Å². The first-order valence-corrected chi connectivity index (χ1v) is 8.07. The standard InChI is InChI=1S/C18H18ClN3O3/c19-14-8-6-12(7-9-14)18(25)21-10-2-5-16(23)22-15-4-1-3-13(11-15)17(20)24/h1,3-4,6-9,11H,2,5,10H2,(H2,20,24)(H,21,25)(H,22,23). The Bertz CT molecular complexity index is 775. The zero-order chi connectivity index (χ0) is 18.2. The van der Waals surface area contributed by atoms with E-state index < -0.39 is 5.91 Å². The number of hydrogen-bond donors (Lipinski definition) is 3. The predicted octanol–water partition coefficient (Wildman–Crippen LogP) is 2.59. The second kappa shape index (κ2) is 8.84. The number of hydrogen-bond acceptors (Lipinski definition) is 3. The van der Waals surface area contributed by atoms with Gasteiger partial charge in [-0.3, -0.25) is 14.4 Å². The molecule has 0 fully saturated rings. The Hall–Kier alpha value is -2.86. The zero-order valence-electron chi connectivity index (χ0n) is 13.4. The van der Waals surface area contributed by atoms with Crippen LogP contribution in [0, 0.1) is 0 Å². The monoisotopic (exact) mass is 359 g/mol.